The van der Waals surface area contributed by atoms with Gasteiger partial charge in [-0.05, 0) is 35.9 Å². The molecule has 24 heavy (non-hydrogen) atoms. The highest BCUT2D eigenvalue weighted by Crippen LogP contribution is 2.21. The number of rotatable bonds is 4. The van der Waals surface area contributed by atoms with Gasteiger partial charge in [-0.3, -0.25) is 9.97 Å². The summed E-state index contributed by atoms with van der Waals surface area (Å²) >= 11 is 6.03. The van der Waals surface area contributed by atoms with Crippen LogP contribution in [0.3, 0.4) is 0 Å². The lowest BCUT2D eigenvalue weighted by Crippen LogP contribution is -2.28. The number of carbonyl (C=O) groups excluding carboxylic acids is 1. The van der Waals surface area contributed by atoms with E-state index in [2.05, 4.69) is 20.6 Å². The van der Waals surface area contributed by atoms with E-state index >= 15 is 0 Å². The number of nitrogens with zero attached hydrogens (tertiary/aromatic N) is 2. The van der Waals surface area contributed by atoms with Crippen molar-refractivity contribution in [3.8, 4) is 11.3 Å². The molecule has 3 aromatic rings. The van der Waals surface area contributed by atoms with Gasteiger partial charge in [-0.2, -0.15) is 0 Å². The van der Waals surface area contributed by atoms with Gasteiger partial charge in [0, 0.05) is 30.7 Å². The fourth-order valence-electron chi connectivity index (χ4n) is 2.25. The minimum Gasteiger partial charge on any atom is -0.334 e. The van der Waals surface area contributed by atoms with Crippen LogP contribution in [0.4, 0.5) is 10.5 Å². The molecule has 2 amide bonds. The fraction of sp³-hybridized carbons (Fsp3) is 0.0556. The predicted octanol–water partition coefficient (Wildman–Crippen LogP) is 4.12. The van der Waals surface area contributed by atoms with E-state index in [4.69, 9.17) is 11.6 Å². The summed E-state index contributed by atoms with van der Waals surface area (Å²) in [6, 6.07) is 14.3. The van der Waals surface area contributed by atoms with Gasteiger partial charge in [0.2, 0.25) is 0 Å². The highest BCUT2D eigenvalue weighted by Gasteiger charge is 2.09. The standard InChI is InChI=1S/C18H15ClN4O/c19-15-7-1-2-8-16(15)23-18(24)22-12-14-6-4-10-21-17(14)13-5-3-9-20-11-13/h1-11H,12H2,(H2,22,23,24). The molecule has 0 saturated carbocycles. The molecule has 0 fully saturated rings. The molecule has 0 spiro atoms. The SMILES string of the molecule is O=C(NCc1cccnc1-c1cccnc1)Nc1ccccc1Cl. The largest absolute Gasteiger partial charge is 0.334 e. The second kappa shape index (κ2) is 7.57. The van der Waals surface area contributed by atoms with Crippen LogP contribution in [-0.4, -0.2) is 16.0 Å². The zero-order valence-corrected chi connectivity index (χ0v) is 13.5. The first kappa shape index (κ1) is 16.0. The van der Waals surface area contributed by atoms with Gasteiger partial charge < -0.3 is 10.6 Å². The lowest BCUT2D eigenvalue weighted by Gasteiger charge is -2.11. The molecule has 120 valence electrons. The summed E-state index contributed by atoms with van der Waals surface area (Å²) in [5, 5.41) is 6.03. The van der Waals surface area contributed by atoms with Crippen molar-refractivity contribution in [3.05, 3.63) is 77.7 Å². The van der Waals surface area contributed by atoms with Gasteiger partial charge >= 0.3 is 6.03 Å². The van der Waals surface area contributed by atoms with E-state index in [0.29, 0.717) is 17.3 Å². The molecule has 0 unspecified atom stereocenters. The number of anilines is 1. The van der Waals surface area contributed by atoms with Crippen molar-refractivity contribution in [1.82, 2.24) is 15.3 Å². The number of hydrogen-bond donors (Lipinski definition) is 2. The van der Waals surface area contributed by atoms with Gasteiger partial charge in [-0.25, -0.2) is 4.79 Å². The zero-order chi connectivity index (χ0) is 16.8. The predicted molar refractivity (Wildman–Crippen MR) is 94.8 cm³/mol. The van der Waals surface area contributed by atoms with Crippen LogP contribution in [-0.2, 0) is 6.54 Å². The first-order valence-corrected chi connectivity index (χ1v) is 7.75. The van der Waals surface area contributed by atoms with E-state index in [1.54, 1.807) is 36.8 Å². The number of urea groups is 1. The monoisotopic (exact) mass is 338 g/mol. The minimum atomic E-state index is -0.330. The molecule has 2 N–H and O–H groups in total. The van der Waals surface area contributed by atoms with Crippen molar-refractivity contribution in [2.75, 3.05) is 5.32 Å². The average molecular weight is 339 g/mol. The quantitative estimate of drug-likeness (QED) is 0.752. The van der Waals surface area contributed by atoms with Crippen molar-refractivity contribution in [2.24, 2.45) is 0 Å². The van der Waals surface area contributed by atoms with Crippen LogP contribution in [0.15, 0.2) is 67.1 Å². The highest BCUT2D eigenvalue weighted by molar-refractivity contribution is 6.33. The van der Waals surface area contributed by atoms with Crippen LogP contribution in [0.2, 0.25) is 5.02 Å². The maximum atomic E-state index is 12.1. The van der Waals surface area contributed by atoms with Crippen molar-refractivity contribution in [3.63, 3.8) is 0 Å². The highest BCUT2D eigenvalue weighted by atomic mass is 35.5. The summed E-state index contributed by atoms with van der Waals surface area (Å²) in [7, 11) is 0. The minimum absolute atomic E-state index is 0.330. The summed E-state index contributed by atoms with van der Waals surface area (Å²) < 4.78 is 0. The summed E-state index contributed by atoms with van der Waals surface area (Å²) in [6.07, 6.45) is 5.17. The molecule has 0 aliphatic carbocycles. The van der Waals surface area contributed by atoms with Gasteiger partial charge in [-0.15, -0.1) is 0 Å². The molecule has 3 rings (SSSR count). The zero-order valence-electron chi connectivity index (χ0n) is 12.7. The number of aromatic nitrogens is 2. The topological polar surface area (TPSA) is 66.9 Å². The molecular weight excluding hydrogens is 324 g/mol. The molecule has 0 aliphatic heterocycles. The van der Waals surface area contributed by atoms with Crippen LogP contribution < -0.4 is 10.6 Å². The molecule has 0 aliphatic rings. The smallest absolute Gasteiger partial charge is 0.319 e. The number of amides is 2. The van der Waals surface area contributed by atoms with Crippen LogP contribution in [0.5, 0.6) is 0 Å². The van der Waals surface area contributed by atoms with Gasteiger partial charge in [0.1, 0.15) is 0 Å². The first-order valence-electron chi connectivity index (χ1n) is 7.38. The van der Waals surface area contributed by atoms with E-state index in [1.165, 1.54) is 0 Å². The maximum Gasteiger partial charge on any atom is 0.319 e. The van der Waals surface area contributed by atoms with E-state index in [1.807, 2.05) is 30.3 Å². The lowest BCUT2D eigenvalue weighted by molar-refractivity contribution is 0.252. The van der Waals surface area contributed by atoms with E-state index in [0.717, 1.165) is 16.8 Å². The number of benzene rings is 1. The number of halogens is 1. The molecule has 2 heterocycles. The fourth-order valence-corrected chi connectivity index (χ4v) is 2.43. The molecule has 0 radical (unpaired) electrons. The van der Waals surface area contributed by atoms with Crippen LogP contribution in [0.25, 0.3) is 11.3 Å². The Morgan fingerprint density at radius 1 is 1.04 bits per heavy atom. The summed E-state index contributed by atoms with van der Waals surface area (Å²) in [4.78, 5) is 20.6. The number of para-hydroxylation sites is 1. The van der Waals surface area contributed by atoms with Crippen LogP contribution in [0.1, 0.15) is 5.56 Å². The normalized spacial score (nSPS) is 10.2. The Kier molecular flexibility index (Phi) is 5.03. The Labute approximate surface area is 144 Å². The second-order valence-corrected chi connectivity index (χ2v) is 5.45. The van der Waals surface area contributed by atoms with E-state index < -0.39 is 0 Å². The molecule has 6 heteroatoms. The molecular formula is C18H15ClN4O. The lowest BCUT2D eigenvalue weighted by atomic mass is 10.1. The van der Waals surface area contributed by atoms with E-state index in [9.17, 15) is 4.79 Å². The van der Waals surface area contributed by atoms with Crippen molar-refractivity contribution in [1.29, 1.82) is 0 Å². The number of hydrogen-bond acceptors (Lipinski definition) is 3. The van der Waals surface area contributed by atoms with Crippen molar-refractivity contribution < 1.29 is 4.79 Å². The van der Waals surface area contributed by atoms with Gasteiger partial charge in [0.15, 0.2) is 0 Å². The van der Waals surface area contributed by atoms with Gasteiger partial charge in [0.05, 0.1) is 16.4 Å². The third-order valence-corrected chi connectivity index (χ3v) is 3.72. The second-order valence-electron chi connectivity index (χ2n) is 5.04. The number of pyridine rings is 2. The molecule has 0 saturated heterocycles. The summed E-state index contributed by atoms with van der Waals surface area (Å²) in [6.45, 7) is 0.342. The summed E-state index contributed by atoms with van der Waals surface area (Å²) in [5.74, 6) is 0. The number of carbonyl (C=O) groups is 1. The molecule has 0 bridgehead atoms. The van der Waals surface area contributed by atoms with Crippen LogP contribution >= 0.6 is 11.6 Å². The Bertz CT molecular complexity index is 839. The Balaban J connectivity index is 1.69. The third kappa shape index (κ3) is 3.88. The Morgan fingerprint density at radius 2 is 1.88 bits per heavy atom. The van der Waals surface area contributed by atoms with E-state index in [-0.39, 0.29) is 6.03 Å². The first-order chi connectivity index (χ1) is 11.7. The Morgan fingerprint density at radius 3 is 2.67 bits per heavy atom. The molecule has 2 aromatic heterocycles. The van der Waals surface area contributed by atoms with Crippen molar-refractivity contribution >= 4 is 23.3 Å². The average Bonchev–Trinajstić information content (AvgIpc) is 2.63. The molecule has 5 nitrogen and oxygen atoms in total. The maximum absolute atomic E-state index is 12.1. The van der Waals surface area contributed by atoms with Gasteiger partial charge in [-0.1, -0.05) is 29.8 Å². The molecule has 0 atom stereocenters. The molecule has 1 aromatic carbocycles. The summed E-state index contributed by atoms with van der Waals surface area (Å²) in [5.41, 5.74) is 3.17. The third-order valence-electron chi connectivity index (χ3n) is 3.39. The van der Waals surface area contributed by atoms with Gasteiger partial charge in [0.25, 0.3) is 0 Å². The van der Waals surface area contributed by atoms with Crippen molar-refractivity contribution in [2.45, 2.75) is 6.54 Å². The van der Waals surface area contributed by atoms with Crippen LogP contribution in [0, 0.1) is 0 Å². The Hall–Kier alpha value is -2.92. The number of nitrogens with one attached hydrogen (secondary N) is 2.